The number of hydrogen-bond acceptors (Lipinski definition) is 7. The minimum atomic E-state index is -0.589. The van der Waals surface area contributed by atoms with Crippen LogP contribution in [-0.4, -0.2) is 39.7 Å². The van der Waals surface area contributed by atoms with Gasteiger partial charge in [-0.3, -0.25) is 0 Å². The van der Waals surface area contributed by atoms with Gasteiger partial charge in [-0.1, -0.05) is 0 Å². The Kier molecular flexibility index (Phi) is 5.83. The molecule has 146 valence electrons. The molecular weight excluding hydrogens is 367 g/mol. The Hall–Kier alpha value is -3.49. The van der Waals surface area contributed by atoms with E-state index in [4.69, 9.17) is 14.2 Å². The molecule has 0 unspecified atom stereocenters. The van der Waals surface area contributed by atoms with E-state index >= 15 is 0 Å². The van der Waals surface area contributed by atoms with Crippen LogP contribution in [0.15, 0.2) is 36.5 Å². The summed E-state index contributed by atoms with van der Waals surface area (Å²) in [6.07, 6.45) is 1.39. The van der Waals surface area contributed by atoms with Crippen LogP contribution in [-0.2, 0) is 11.3 Å². The van der Waals surface area contributed by atoms with Crippen LogP contribution in [0.25, 0.3) is 5.82 Å². The predicted octanol–water partition coefficient (Wildman–Crippen LogP) is 2.87. The number of ether oxygens (including phenoxy) is 3. The molecule has 0 saturated carbocycles. The van der Waals surface area contributed by atoms with Gasteiger partial charge in [-0.2, -0.15) is 5.10 Å². The fraction of sp³-hybridized carbons (Fsp3) is 0.263. The average molecular weight is 386 g/mol. The van der Waals surface area contributed by atoms with Crippen molar-refractivity contribution in [3.8, 4) is 17.4 Å². The average Bonchev–Trinajstić information content (AvgIpc) is 3.08. The van der Waals surface area contributed by atoms with Gasteiger partial charge in [0.05, 0.1) is 25.6 Å². The molecule has 0 aliphatic carbocycles. The molecule has 0 aliphatic rings. The van der Waals surface area contributed by atoms with Gasteiger partial charge in [-0.15, -0.1) is 10.2 Å². The molecule has 0 radical (unpaired) electrons. The van der Waals surface area contributed by atoms with Crippen molar-refractivity contribution in [3.05, 3.63) is 59.2 Å². The van der Waals surface area contributed by atoms with Gasteiger partial charge in [0.1, 0.15) is 23.7 Å². The second-order valence-electron chi connectivity index (χ2n) is 5.75. The van der Waals surface area contributed by atoms with Crippen molar-refractivity contribution >= 4 is 5.97 Å². The van der Waals surface area contributed by atoms with E-state index in [9.17, 15) is 9.18 Å². The summed E-state index contributed by atoms with van der Waals surface area (Å²) in [6, 6.07) is 7.37. The Balaban J connectivity index is 1.74. The molecule has 0 saturated heterocycles. The van der Waals surface area contributed by atoms with Crippen LogP contribution in [0.5, 0.6) is 11.6 Å². The lowest BCUT2D eigenvalue weighted by atomic mass is 10.2. The number of benzene rings is 1. The predicted molar refractivity (Wildman–Crippen MR) is 97.1 cm³/mol. The van der Waals surface area contributed by atoms with Gasteiger partial charge in [0.15, 0.2) is 5.82 Å². The van der Waals surface area contributed by atoms with E-state index in [-0.39, 0.29) is 12.2 Å². The number of hydrogen-bond donors (Lipinski definition) is 0. The first-order chi connectivity index (χ1) is 13.5. The van der Waals surface area contributed by atoms with Gasteiger partial charge in [-0.25, -0.2) is 13.9 Å². The van der Waals surface area contributed by atoms with Crippen LogP contribution >= 0.6 is 0 Å². The number of esters is 1. The van der Waals surface area contributed by atoms with Crippen molar-refractivity contribution in [2.24, 2.45) is 0 Å². The summed E-state index contributed by atoms with van der Waals surface area (Å²) in [5.41, 5.74) is 1.24. The summed E-state index contributed by atoms with van der Waals surface area (Å²) in [5.74, 6) is 0.247. The van der Waals surface area contributed by atoms with E-state index < -0.39 is 11.8 Å². The zero-order valence-electron chi connectivity index (χ0n) is 15.7. The second kappa shape index (κ2) is 8.47. The highest BCUT2D eigenvalue weighted by molar-refractivity contribution is 5.90. The lowest BCUT2D eigenvalue weighted by molar-refractivity contribution is 0.0469. The van der Waals surface area contributed by atoms with Crippen LogP contribution < -0.4 is 9.47 Å². The van der Waals surface area contributed by atoms with Crippen molar-refractivity contribution in [3.63, 3.8) is 0 Å². The van der Waals surface area contributed by atoms with Crippen molar-refractivity contribution in [1.82, 2.24) is 20.0 Å². The van der Waals surface area contributed by atoms with Gasteiger partial charge in [0.25, 0.3) is 0 Å². The van der Waals surface area contributed by atoms with Crippen molar-refractivity contribution in [2.45, 2.75) is 20.5 Å². The molecule has 28 heavy (non-hydrogen) atoms. The minimum Gasteiger partial charge on any atom is -0.496 e. The number of nitrogens with zero attached hydrogens (tertiary/aromatic N) is 4. The minimum absolute atomic E-state index is 0.132. The third kappa shape index (κ3) is 4.08. The van der Waals surface area contributed by atoms with Crippen LogP contribution in [0.1, 0.15) is 28.5 Å². The molecule has 0 N–H and O–H groups in total. The van der Waals surface area contributed by atoms with E-state index in [0.717, 1.165) is 0 Å². The Bertz CT molecular complexity index is 973. The second-order valence-corrected chi connectivity index (χ2v) is 5.75. The molecule has 1 aromatic carbocycles. The highest BCUT2D eigenvalue weighted by Crippen LogP contribution is 2.21. The highest BCUT2D eigenvalue weighted by Gasteiger charge is 2.18. The fourth-order valence-electron chi connectivity index (χ4n) is 2.57. The summed E-state index contributed by atoms with van der Waals surface area (Å²) >= 11 is 0. The van der Waals surface area contributed by atoms with E-state index in [2.05, 4.69) is 15.3 Å². The van der Waals surface area contributed by atoms with Crippen LogP contribution in [0.4, 0.5) is 4.39 Å². The molecule has 0 fully saturated rings. The molecule has 0 amide bonds. The van der Waals surface area contributed by atoms with E-state index in [1.807, 2.05) is 6.92 Å². The first kappa shape index (κ1) is 19.3. The summed E-state index contributed by atoms with van der Waals surface area (Å²) in [4.78, 5) is 12.4. The molecule has 3 rings (SSSR count). The monoisotopic (exact) mass is 386 g/mol. The quantitative estimate of drug-likeness (QED) is 0.577. The molecule has 8 nitrogen and oxygen atoms in total. The third-order valence-corrected chi connectivity index (χ3v) is 3.97. The molecule has 2 heterocycles. The maximum Gasteiger partial charge on any atom is 0.341 e. The first-order valence-corrected chi connectivity index (χ1v) is 8.54. The van der Waals surface area contributed by atoms with E-state index in [1.54, 1.807) is 19.1 Å². The van der Waals surface area contributed by atoms with Crippen LogP contribution in [0.2, 0.25) is 0 Å². The van der Waals surface area contributed by atoms with Gasteiger partial charge >= 0.3 is 5.97 Å². The zero-order chi connectivity index (χ0) is 20.1. The first-order valence-electron chi connectivity index (χ1n) is 8.54. The number of carbonyl (C=O) groups excluding carboxylic acids is 1. The smallest absolute Gasteiger partial charge is 0.341 e. The molecule has 0 aliphatic heterocycles. The Morgan fingerprint density at radius 2 is 2.04 bits per heavy atom. The molecule has 0 bridgehead atoms. The summed E-state index contributed by atoms with van der Waals surface area (Å²) in [5, 5.41) is 12.2. The molecule has 0 spiro atoms. The summed E-state index contributed by atoms with van der Waals surface area (Å²) in [6.45, 7) is 3.92. The summed E-state index contributed by atoms with van der Waals surface area (Å²) in [7, 11) is 1.46. The number of halogens is 1. The van der Waals surface area contributed by atoms with Crippen molar-refractivity contribution in [1.29, 1.82) is 0 Å². The van der Waals surface area contributed by atoms with Crippen LogP contribution in [0, 0.1) is 12.7 Å². The zero-order valence-corrected chi connectivity index (χ0v) is 15.7. The number of rotatable bonds is 7. The lowest BCUT2D eigenvalue weighted by Crippen LogP contribution is -2.09. The molecule has 3 aromatic rings. The van der Waals surface area contributed by atoms with E-state index in [0.29, 0.717) is 35.3 Å². The third-order valence-electron chi connectivity index (χ3n) is 3.97. The number of methoxy groups -OCH3 is 1. The van der Waals surface area contributed by atoms with E-state index in [1.165, 1.54) is 36.2 Å². The largest absolute Gasteiger partial charge is 0.496 e. The van der Waals surface area contributed by atoms with Gasteiger partial charge in [-0.05, 0) is 38.1 Å². The summed E-state index contributed by atoms with van der Waals surface area (Å²) < 4.78 is 30.6. The lowest BCUT2D eigenvalue weighted by Gasteiger charge is -2.09. The molecular formula is C19H19FN4O4. The maximum atomic E-state index is 13.4. The highest BCUT2D eigenvalue weighted by atomic mass is 19.1. The fourth-order valence-corrected chi connectivity index (χ4v) is 2.57. The normalized spacial score (nSPS) is 10.6. The number of aromatic nitrogens is 4. The molecule has 0 atom stereocenters. The molecule has 2 aromatic heterocycles. The molecule has 9 heteroatoms. The Morgan fingerprint density at radius 1 is 1.21 bits per heavy atom. The maximum absolute atomic E-state index is 13.4. The Morgan fingerprint density at radius 3 is 2.71 bits per heavy atom. The van der Waals surface area contributed by atoms with Gasteiger partial charge in [0.2, 0.25) is 5.88 Å². The number of carbonyl (C=O) groups is 1. The van der Waals surface area contributed by atoms with Crippen LogP contribution in [0.3, 0.4) is 0 Å². The van der Waals surface area contributed by atoms with Gasteiger partial charge in [0, 0.05) is 11.6 Å². The van der Waals surface area contributed by atoms with Crippen molar-refractivity contribution < 1.29 is 23.4 Å². The topological polar surface area (TPSA) is 88.4 Å². The van der Waals surface area contributed by atoms with Gasteiger partial charge < -0.3 is 14.2 Å². The Labute approximate surface area is 160 Å². The SMILES string of the molecule is CCOc1ccc(-n2ncc(C(=O)OCc3cc(F)ccc3OC)c2C)nn1. The van der Waals surface area contributed by atoms with Crippen molar-refractivity contribution in [2.75, 3.05) is 13.7 Å². The standard InChI is InChI=1S/C19H19FN4O4/c1-4-27-18-8-7-17(22-23-18)24-12(2)15(10-21-24)19(25)28-11-13-9-14(20)5-6-16(13)26-3/h5-10H,4,11H2,1-3H3.